The third kappa shape index (κ3) is 2.66. The molecule has 20 heavy (non-hydrogen) atoms. The van der Waals surface area contributed by atoms with Gasteiger partial charge in [0, 0.05) is 16.2 Å². The minimum Gasteiger partial charge on any atom is -0.256 e. The van der Waals surface area contributed by atoms with Gasteiger partial charge in [-0.2, -0.15) is 0 Å². The van der Waals surface area contributed by atoms with E-state index in [0.717, 1.165) is 15.7 Å². The van der Waals surface area contributed by atoms with Gasteiger partial charge in [-0.05, 0) is 36.2 Å². The molecule has 0 bridgehead atoms. The Bertz CT molecular complexity index is 718. The average molecular weight is 324 g/mol. The highest BCUT2D eigenvalue weighted by atomic mass is 79.9. The Hall–Kier alpha value is -1.93. The Balaban J connectivity index is 2.00. The van der Waals surface area contributed by atoms with Crippen LogP contribution in [0.3, 0.4) is 0 Å². The van der Waals surface area contributed by atoms with Crippen LogP contribution < -0.4 is 0 Å². The quantitative estimate of drug-likeness (QED) is 0.608. The number of hydrogen-bond acceptors (Lipinski definition) is 1. The summed E-state index contributed by atoms with van der Waals surface area (Å²) in [4.78, 5) is 4.37. The second-order valence-electron chi connectivity index (χ2n) is 4.78. The van der Waals surface area contributed by atoms with Crippen molar-refractivity contribution in [3.05, 3.63) is 76.9 Å². The molecule has 0 spiro atoms. The van der Waals surface area contributed by atoms with Crippen LogP contribution in [0.1, 0.15) is 5.56 Å². The molecular formula is C18H14BrN. The third-order valence-corrected chi connectivity index (χ3v) is 3.97. The zero-order valence-electron chi connectivity index (χ0n) is 11.2. The summed E-state index contributed by atoms with van der Waals surface area (Å²) in [6.45, 7) is 2.11. The first kappa shape index (κ1) is 13.1. The fourth-order valence-corrected chi connectivity index (χ4v) is 2.69. The van der Waals surface area contributed by atoms with Gasteiger partial charge in [0.05, 0.1) is 5.69 Å². The Morgan fingerprint density at radius 1 is 0.850 bits per heavy atom. The lowest BCUT2D eigenvalue weighted by molar-refractivity contribution is 1.33. The maximum Gasteiger partial charge on any atom is 0.0701 e. The molecule has 1 heterocycles. The highest BCUT2D eigenvalue weighted by Crippen LogP contribution is 2.30. The summed E-state index contributed by atoms with van der Waals surface area (Å²) in [5.41, 5.74) is 5.83. The molecule has 98 valence electrons. The van der Waals surface area contributed by atoms with E-state index in [-0.39, 0.29) is 0 Å². The van der Waals surface area contributed by atoms with Gasteiger partial charge in [-0.3, -0.25) is 4.98 Å². The number of aryl methyl sites for hydroxylation is 1. The van der Waals surface area contributed by atoms with Gasteiger partial charge in [0.2, 0.25) is 0 Å². The van der Waals surface area contributed by atoms with Crippen molar-refractivity contribution in [1.29, 1.82) is 0 Å². The molecular weight excluding hydrogens is 310 g/mol. The van der Waals surface area contributed by atoms with Crippen LogP contribution in [-0.2, 0) is 0 Å². The molecule has 0 radical (unpaired) electrons. The van der Waals surface area contributed by atoms with E-state index in [9.17, 15) is 0 Å². The molecule has 0 unspecified atom stereocenters. The second-order valence-corrected chi connectivity index (χ2v) is 5.63. The molecule has 0 amide bonds. The molecule has 2 heteroatoms. The van der Waals surface area contributed by atoms with Crippen molar-refractivity contribution in [2.24, 2.45) is 0 Å². The molecule has 1 nitrogen and oxygen atoms in total. The van der Waals surface area contributed by atoms with Gasteiger partial charge < -0.3 is 0 Å². The minimum atomic E-state index is 1.00. The number of hydrogen-bond donors (Lipinski definition) is 0. The van der Waals surface area contributed by atoms with Crippen LogP contribution in [0, 0.1) is 6.92 Å². The molecule has 0 atom stereocenters. The molecule has 0 N–H and O–H groups in total. The predicted molar refractivity (Wildman–Crippen MR) is 87.5 cm³/mol. The zero-order chi connectivity index (χ0) is 13.9. The van der Waals surface area contributed by atoms with Crippen LogP contribution in [-0.4, -0.2) is 4.98 Å². The number of pyridine rings is 1. The van der Waals surface area contributed by atoms with Crippen molar-refractivity contribution in [2.45, 2.75) is 6.92 Å². The van der Waals surface area contributed by atoms with Gasteiger partial charge in [-0.25, -0.2) is 0 Å². The SMILES string of the molecule is Cc1ccc(Br)c(-c2ccc(-c3ccccn3)cc2)c1. The first-order valence-electron chi connectivity index (χ1n) is 6.52. The smallest absolute Gasteiger partial charge is 0.0701 e. The van der Waals surface area contributed by atoms with E-state index in [2.05, 4.69) is 70.3 Å². The fraction of sp³-hybridized carbons (Fsp3) is 0.0556. The van der Waals surface area contributed by atoms with Crippen LogP contribution >= 0.6 is 15.9 Å². The van der Waals surface area contributed by atoms with E-state index in [0.29, 0.717) is 0 Å². The summed E-state index contributed by atoms with van der Waals surface area (Å²) in [7, 11) is 0. The lowest BCUT2D eigenvalue weighted by atomic mass is 10.0. The Labute approximate surface area is 127 Å². The molecule has 0 aliphatic heterocycles. The Morgan fingerprint density at radius 3 is 2.30 bits per heavy atom. The monoisotopic (exact) mass is 323 g/mol. The summed E-state index contributed by atoms with van der Waals surface area (Å²) < 4.78 is 1.12. The largest absolute Gasteiger partial charge is 0.256 e. The van der Waals surface area contributed by atoms with E-state index in [1.807, 2.05) is 24.4 Å². The standard InChI is InChI=1S/C18H14BrN/c1-13-5-10-17(19)16(12-13)14-6-8-15(9-7-14)18-4-2-3-11-20-18/h2-12H,1H3. The Morgan fingerprint density at radius 2 is 1.60 bits per heavy atom. The van der Waals surface area contributed by atoms with Crippen LogP contribution in [0.25, 0.3) is 22.4 Å². The normalized spacial score (nSPS) is 10.5. The second kappa shape index (κ2) is 5.59. The number of nitrogens with zero attached hydrogens (tertiary/aromatic N) is 1. The summed E-state index contributed by atoms with van der Waals surface area (Å²) >= 11 is 3.62. The lowest BCUT2D eigenvalue weighted by Gasteiger charge is -2.07. The molecule has 1 aromatic heterocycles. The summed E-state index contributed by atoms with van der Waals surface area (Å²) in [6.07, 6.45) is 1.82. The zero-order valence-corrected chi connectivity index (χ0v) is 12.8. The van der Waals surface area contributed by atoms with Crippen LogP contribution in [0.15, 0.2) is 71.3 Å². The van der Waals surface area contributed by atoms with E-state index < -0.39 is 0 Å². The van der Waals surface area contributed by atoms with E-state index >= 15 is 0 Å². The van der Waals surface area contributed by atoms with Crippen LogP contribution in [0.4, 0.5) is 0 Å². The molecule has 2 aromatic carbocycles. The van der Waals surface area contributed by atoms with Crippen molar-refractivity contribution in [2.75, 3.05) is 0 Å². The van der Waals surface area contributed by atoms with E-state index in [1.165, 1.54) is 16.7 Å². The van der Waals surface area contributed by atoms with Crippen LogP contribution in [0.2, 0.25) is 0 Å². The average Bonchev–Trinajstić information content (AvgIpc) is 2.51. The summed E-state index contributed by atoms with van der Waals surface area (Å²) in [5.74, 6) is 0. The molecule has 0 aliphatic carbocycles. The van der Waals surface area contributed by atoms with E-state index in [1.54, 1.807) is 0 Å². The molecule has 0 aliphatic rings. The maximum atomic E-state index is 4.37. The van der Waals surface area contributed by atoms with Gasteiger partial charge in [-0.1, -0.05) is 64.0 Å². The van der Waals surface area contributed by atoms with Crippen molar-refractivity contribution in [1.82, 2.24) is 4.98 Å². The van der Waals surface area contributed by atoms with Gasteiger partial charge >= 0.3 is 0 Å². The number of benzene rings is 2. The number of rotatable bonds is 2. The first-order valence-corrected chi connectivity index (χ1v) is 7.31. The van der Waals surface area contributed by atoms with E-state index in [4.69, 9.17) is 0 Å². The van der Waals surface area contributed by atoms with Crippen molar-refractivity contribution in [3.8, 4) is 22.4 Å². The highest BCUT2D eigenvalue weighted by molar-refractivity contribution is 9.10. The molecule has 0 saturated carbocycles. The number of aromatic nitrogens is 1. The highest BCUT2D eigenvalue weighted by Gasteiger charge is 2.04. The Kier molecular flexibility index (Phi) is 3.66. The van der Waals surface area contributed by atoms with Gasteiger partial charge in [0.15, 0.2) is 0 Å². The number of halogens is 1. The van der Waals surface area contributed by atoms with Gasteiger partial charge in [-0.15, -0.1) is 0 Å². The van der Waals surface area contributed by atoms with Crippen molar-refractivity contribution in [3.63, 3.8) is 0 Å². The fourth-order valence-electron chi connectivity index (χ4n) is 2.21. The van der Waals surface area contributed by atoms with Crippen molar-refractivity contribution >= 4 is 15.9 Å². The van der Waals surface area contributed by atoms with Gasteiger partial charge in [0.25, 0.3) is 0 Å². The molecule has 0 saturated heterocycles. The third-order valence-electron chi connectivity index (χ3n) is 3.28. The summed E-state index contributed by atoms with van der Waals surface area (Å²) in [5, 5.41) is 0. The molecule has 3 rings (SSSR count). The van der Waals surface area contributed by atoms with Gasteiger partial charge in [0.1, 0.15) is 0 Å². The predicted octanol–water partition coefficient (Wildman–Crippen LogP) is 5.49. The molecule has 3 aromatic rings. The van der Waals surface area contributed by atoms with Crippen LogP contribution in [0.5, 0.6) is 0 Å². The summed E-state index contributed by atoms with van der Waals surface area (Å²) in [6, 6.07) is 20.9. The first-order chi connectivity index (χ1) is 9.74. The topological polar surface area (TPSA) is 12.9 Å². The molecule has 0 fully saturated rings. The van der Waals surface area contributed by atoms with Crippen molar-refractivity contribution < 1.29 is 0 Å². The maximum absolute atomic E-state index is 4.37. The minimum absolute atomic E-state index is 1.00. The lowest BCUT2D eigenvalue weighted by Crippen LogP contribution is -1.84.